The largest absolute Gasteiger partial charge is 0.378 e. The molecule has 1 amide bonds. The predicted molar refractivity (Wildman–Crippen MR) is 129 cm³/mol. The summed E-state index contributed by atoms with van der Waals surface area (Å²) < 4.78 is 27.4. The van der Waals surface area contributed by atoms with E-state index in [0.717, 1.165) is 15.6 Å². The first-order valence-corrected chi connectivity index (χ1v) is 11.5. The van der Waals surface area contributed by atoms with E-state index in [0.29, 0.717) is 5.02 Å². The zero-order valence-electron chi connectivity index (χ0n) is 17.6. The Hall–Kier alpha value is -3.36. The molecule has 7 nitrogen and oxygen atoms in total. The summed E-state index contributed by atoms with van der Waals surface area (Å²) in [5, 5.41) is 4.31. The summed E-state index contributed by atoms with van der Waals surface area (Å²) >= 11 is 6.06. The Morgan fingerprint density at radius 2 is 1.66 bits per heavy atom. The molecule has 0 aliphatic heterocycles. The van der Waals surface area contributed by atoms with Crippen LogP contribution in [-0.4, -0.2) is 41.2 Å². The van der Waals surface area contributed by atoms with Crippen LogP contribution in [0.1, 0.15) is 5.56 Å². The van der Waals surface area contributed by atoms with Crippen molar-refractivity contribution in [1.29, 1.82) is 0 Å². The number of carbonyl (C=O) groups excluding carboxylic acids is 1. The van der Waals surface area contributed by atoms with Crippen molar-refractivity contribution in [3.8, 4) is 0 Å². The summed E-state index contributed by atoms with van der Waals surface area (Å²) in [7, 11) is -0.113. The number of nitrogens with one attached hydrogen (secondary N) is 1. The van der Waals surface area contributed by atoms with Crippen molar-refractivity contribution in [2.24, 2.45) is 5.10 Å². The molecule has 0 bridgehead atoms. The Bertz CT molecular complexity index is 1200. The molecule has 3 rings (SSSR count). The van der Waals surface area contributed by atoms with Crippen LogP contribution in [0.5, 0.6) is 0 Å². The molecule has 166 valence electrons. The maximum absolute atomic E-state index is 13.2. The highest BCUT2D eigenvalue weighted by Gasteiger charge is 2.27. The smallest absolute Gasteiger partial charge is 0.264 e. The Balaban J connectivity index is 1.78. The number of hydrazone groups is 1. The second-order valence-electron chi connectivity index (χ2n) is 7.08. The highest BCUT2D eigenvalue weighted by Crippen LogP contribution is 2.25. The van der Waals surface area contributed by atoms with Gasteiger partial charge in [0, 0.05) is 24.8 Å². The maximum atomic E-state index is 13.2. The lowest BCUT2D eigenvalue weighted by molar-refractivity contribution is -0.119. The molecule has 0 aromatic heterocycles. The average Bonchev–Trinajstić information content (AvgIpc) is 2.78. The summed E-state index contributed by atoms with van der Waals surface area (Å²) in [6.45, 7) is -0.464. The van der Waals surface area contributed by atoms with Crippen LogP contribution in [0.4, 0.5) is 11.4 Å². The first kappa shape index (κ1) is 23.3. The molecule has 0 heterocycles. The quantitative estimate of drug-likeness (QED) is 0.401. The second kappa shape index (κ2) is 10.3. The third-order valence-electron chi connectivity index (χ3n) is 4.53. The molecule has 0 unspecified atom stereocenters. The van der Waals surface area contributed by atoms with Crippen molar-refractivity contribution in [1.82, 2.24) is 5.43 Å². The fraction of sp³-hybridized carbons (Fsp3) is 0.130. The van der Waals surface area contributed by atoms with Crippen LogP contribution in [0, 0.1) is 0 Å². The van der Waals surface area contributed by atoms with E-state index in [9.17, 15) is 13.2 Å². The molecule has 9 heteroatoms. The highest BCUT2D eigenvalue weighted by atomic mass is 35.5. The number of benzene rings is 3. The van der Waals surface area contributed by atoms with Crippen molar-refractivity contribution in [3.63, 3.8) is 0 Å². The SMILES string of the molecule is CN(C)c1ccc(/C=N\NC(=O)CN(c2cccc(Cl)c2)S(=O)(=O)c2ccccc2)cc1. The van der Waals surface area contributed by atoms with Crippen LogP contribution in [0.3, 0.4) is 0 Å². The van der Waals surface area contributed by atoms with Gasteiger partial charge < -0.3 is 4.90 Å². The van der Waals surface area contributed by atoms with Gasteiger partial charge in [-0.25, -0.2) is 13.8 Å². The molecule has 0 saturated carbocycles. The maximum Gasteiger partial charge on any atom is 0.264 e. The van der Waals surface area contributed by atoms with Crippen LogP contribution >= 0.6 is 11.6 Å². The van der Waals surface area contributed by atoms with E-state index >= 15 is 0 Å². The summed E-state index contributed by atoms with van der Waals surface area (Å²) in [6.07, 6.45) is 1.49. The molecule has 3 aromatic carbocycles. The fourth-order valence-electron chi connectivity index (χ4n) is 2.87. The molecule has 0 radical (unpaired) electrons. The van der Waals surface area contributed by atoms with Gasteiger partial charge in [-0.3, -0.25) is 9.10 Å². The van der Waals surface area contributed by atoms with Crippen molar-refractivity contribution in [2.45, 2.75) is 4.90 Å². The topological polar surface area (TPSA) is 82.1 Å². The van der Waals surface area contributed by atoms with E-state index in [1.165, 1.54) is 24.4 Å². The molecule has 0 spiro atoms. The lowest BCUT2D eigenvalue weighted by Crippen LogP contribution is -2.39. The predicted octanol–water partition coefficient (Wildman–Crippen LogP) is 3.75. The van der Waals surface area contributed by atoms with E-state index in [4.69, 9.17) is 11.6 Å². The summed E-state index contributed by atoms with van der Waals surface area (Å²) in [6, 6.07) is 21.8. The highest BCUT2D eigenvalue weighted by molar-refractivity contribution is 7.92. The molecular weight excluding hydrogens is 448 g/mol. The number of amides is 1. The molecule has 1 N–H and O–H groups in total. The minimum atomic E-state index is -4.00. The van der Waals surface area contributed by atoms with E-state index in [2.05, 4.69) is 10.5 Å². The van der Waals surface area contributed by atoms with Crippen LogP contribution in [0.15, 0.2) is 88.9 Å². The van der Waals surface area contributed by atoms with Gasteiger partial charge in [-0.15, -0.1) is 0 Å². The van der Waals surface area contributed by atoms with Gasteiger partial charge in [0.05, 0.1) is 16.8 Å². The zero-order chi connectivity index (χ0) is 23.1. The van der Waals surface area contributed by atoms with Gasteiger partial charge in [-0.1, -0.05) is 48.0 Å². The van der Waals surface area contributed by atoms with Gasteiger partial charge in [-0.05, 0) is 48.0 Å². The molecule has 0 atom stereocenters. The standard InChI is InChI=1S/C23H23ClN4O3S/c1-27(2)20-13-11-18(12-14-20)16-25-26-23(29)17-28(21-8-6-7-19(24)15-21)32(30,31)22-9-4-3-5-10-22/h3-16H,17H2,1-2H3,(H,26,29)/b25-16-. The summed E-state index contributed by atoms with van der Waals surface area (Å²) in [5.41, 5.74) is 4.49. The number of anilines is 2. The number of hydrogen-bond donors (Lipinski definition) is 1. The molecule has 0 saturated heterocycles. The summed E-state index contributed by atoms with van der Waals surface area (Å²) in [5.74, 6) is -0.592. The Morgan fingerprint density at radius 3 is 2.28 bits per heavy atom. The van der Waals surface area contributed by atoms with Crippen LogP contribution < -0.4 is 14.6 Å². The molecular formula is C23H23ClN4O3S. The lowest BCUT2D eigenvalue weighted by Gasteiger charge is -2.23. The van der Waals surface area contributed by atoms with E-state index in [1.54, 1.807) is 36.4 Å². The number of hydrogen-bond acceptors (Lipinski definition) is 5. The lowest BCUT2D eigenvalue weighted by atomic mass is 10.2. The van der Waals surface area contributed by atoms with Gasteiger partial charge in [0.25, 0.3) is 15.9 Å². The van der Waals surface area contributed by atoms with Crippen molar-refractivity contribution in [2.75, 3.05) is 29.8 Å². The van der Waals surface area contributed by atoms with E-state index in [1.807, 2.05) is 43.3 Å². The fourth-order valence-corrected chi connectivity index (χ4v) is 4.49. The number of halogens is 1. The Morgan fingerprint density at radius 1 is 0.969 bits per heavy atom. The van der Waals surface area contributed by atoms with Gasteiger partial charge in [-0.2, -0.15) is 5.10 Å². The minimum Gasteiger partial charge on any atom is -0.378 e. The number of rotatable bonds is 8. The Kier molecular flexibility index (Phi) is 7.50. The first-order valence-electron chi connectivity index (χ1n) is 9.70. The molecule has 32 heavy (non-hydrogen) atoms. The minimum absolute atomic E-state index is 0.0669. The summed E-state index contributed by atoms with van der Waals surface area (Å²) in [4.78, 5) is 14.6. The number of nitrogens with zero attached hydrogens (tertiary/aromatic N) is 3. The van der Waals surface area contributed by atoms with Crippen molar-refractivity contribution >= 4 is 45.1 Å². The number of sulfonamides is 1. The zero-order valence-corrected chi connectivity index (χ0v) is 19.2. The van der Waals surface area contributed by atoms with Crippen LogP contribution in [-0.2, 0) is 14.8 Å². The third-order valence-corrected chi connectivity index (χ3v) is 6.55. The average molecular weight is 471 g/mol. The van der Waals surface area contributed by atoms with Gasteiger partial charge in [0.15, 0.2) is 0 Å². The van der Waals surface area contributed by atoms with E-state index in [-0.39, 0.29) is 10.6 Å². The van der Waals surface area contributed by atoms with Gasteiger partial charge in [0.2, 0.25) is 0 Å². The normalized spacial score (nSPS) is 11.3. The van der Waals surface area contributed by atoms with Crippen LogP contribution in [0.25, 0.3) is 0 Å². The molecule has 0 fully saturated rings. The molecule has 0 aliphatic carbocycles. The first-order chi connectivity index (χ1) is 15.3. The number of carbonyl (C=O) groups is 1. The van der Waals surface area contributed by atoms with Crippen LogP contribution in [0.2, 0.25) is 5.02 Å². The van der Waals surface area contributed by atoms with Gasteiger partial charge in [0.1, 0.15) is 6.54 Å². The van der Waals surface area contributed by atoms with Gasteiger partial charge >= 0.3 is 0 Å². The monoisotopic (exact) mass is 470 g/mol. The third kappa shape index (κ3) is 5.87. The molecule has 0 aliphatic rings. The van der Waals surface area contributed by atoms with E-state index < -0.39 is 22.5 Å². The Labute approximate surface area is 193 Å². The van der Waals surface area contributed by atoms with Crippen molar-refractivity contribution < 1.29 is 13.2 Å². The van der Waals surface area contributed by atoms with Crippen molar-refractivity contribution in [3.05, 3.63) is 89.4 Å². The molecule has 3 aromatic rings. The second-order valence-corrected chi connectivity index (χ2v) is 9.38.